The Balaban J connectivity index is 1.42. The third kappa shape index (κ3) is 2.87. The number of aromatic nitrogens is 4. The Morgan fingerprint density at radius 3 is 2.75 bits per heavy atom. The maximum Gasteiger partial charge on any atom is 0.202 e. The van der Waals surface area contributed by atoms with Crippen LogP contribution in [0.1, 0.15) is 39.0 Å². The van der Waals surface area contributed by atoms with Gasteiger partial charge in [0.05, 0.1) is 21.9 Å². The Hall–Kier alpha value is -1.85. The molecule has 7 heteroatoms. The highest BCUT2D eigenvalue weighted by molar-refractivity contribution is 6.43. The predicted molar refractivity (Wildman–Crippen MR) is 114 cm³/mol. The number of nitrogens with zero attached hydrogens (tertiary/aromatic N) is 4. The van der Waals surface area contributed by atoms with Crippen LogP contribution in [-0.2, 0) is 0 Å². The molecule has 1 saturated heterocycles. The van der Waals surface area contributed by atoms with Crippen LogP contribution < -0.4 is 4.90 Å². The topological polar surface area (TPSA) is 57.7 Å². The molecular weight excluding hydrogens is 393 g/mol. The molecule has 3 aromatic rings. The molecule has 2 aliphatic rings. The summed E-state index contributed by atoms with van der Waals surface area (Å²) in [6, 6.07) is 5.54. The smallest absolute Gasteiger partial charge is 0.202 e. The van der Waals surface area contributed by atoms with Gasteiger partial charge >= 0.3 is 0 Å². The van der Waals surface area contributed by atoms with E-state index in [0.29, 0.717) is 26.6 Å². The number of rotatable bonds is 2. The van der Waals surface area contributed by atoms with E-state index < -0.39 is 0 Å². The number of H-pyrrole nitrogens is 1. The lowest BCUT2D eigenvalue weighted by molar-refractivity contribution is 0.161. The quantitative estimate of drug-likeness (QED) is 0.579. The number of hydrogen-bond donors (Lipinski definition) is 1. The summed E-state index contributed by atoms with van der Waals surface area (Å²) in [5.74, 6) is 1.75. The van der Waals surface area contributed by atoms with Crippen LogP contribution >= 0.6 is 23.2 Å². The zero-order valence-electron chi connectivity index (χ0n) is 15.9. The molecule has 2 aromatic heterocycles. The van der Waals surface area contributed by atoms with E-state index in [-0.39, 0.29) is 0 Å². The van der Waals surface area contributed by atoms with E-state index in [2.05, 4.69) is 27.0 Å². The lowest BCUT2D eigenvalue weighted by Crippen LogP contribution is -2.41. The van der Waals surface area contributed by atoms with Crippen LogP contribution in [0.4, 0.5) is 5.82 Å². The fraction of sp³-hybridized carbons (Fsp3) is 0.476. The highest BCUT2D eigenvalue weighted by Crippen LogP contribution is 2.50. The van der Waals surface area contributed by atoms with Gasteiger partial charge in [0.1, 0.15) is 11.3 Å². The Morgan fingerprint density at radius 1 is 1.18 bits per heavy atom. The lowest BCUT2D eigenvalue weighted by Gasteiger charge is -2.42. The van der Waals surface area contributed by atoms with Gasteiger partial charge in [0.15, 0.2) is 0 Å². The van der Waals surface area contributed by atoms with Gasteiger partial charge in [0.25, 0.3) is 0 Å². The lowest BCUT2D eigenvalue weighted by atomic mass is 9.71. The molecule has 1 N–H and O–H groups in total. The van der Waals surface area contributed by atoms with Gasteiger partial charge in [0.2, 0.25) is 5.65 Å². The number of piperidine rings is 1. The molecule has 1 aliphatic heterocycles. The molecule has 0 bridgehead atoms. The SMILES string of the molecule is C[C@@H]1CCCC12CCN(c1cnc3c(-c4cccc(Cl)c4Cl)[nH]nc3n1)CC2. The Morgan fingerprint density at radius 2 is 2.00 bits per heavy atom. The number of anilines is 1. The van der Waals surface area contributed by atoms with Crippen LogP contribution in [0.25, 0.3) is 22.4 Å². The van der Waals surface area contributed by atoms with Crippen molar-refractivity contribution >= 4 is 40.2 Å². The first kappa shape index (κ1) is 18.2. The summed E-state index contributed by atoms with van der Waals surface area (Å²) in [4.78, 5) is 11.8. The second-order valence-electron chi connectivity index (χ2n) is 8.24. The van der Waals surface area contributed by atoms with E-state index in [0.717, 1.165) is 36.1 Å². The van der Waals surface area contributed by atoms with E-state index in [4.69, 9.17) is 28.2 Å². The standard InChI is InChI=1S/C21H23Cl2N5/c1-13-4-3-7-21(13)8-10-28(11-9-21)16-12-24-19-18(26-27-20(19)25-16)14-5-2-6-15(22)17(14)23/h2,5-6,12-13H,3-4,7-11H2,1H3,(H,25,26,27)/t13-/m1/s1. The van der Waals surface area contributed by atoms with Crippen LogP contribution in [0.2, 0.25) is 10.0 Å². The zero-order chi connectivity index (χ0) is 19.3. The molecule has 1 saturated carbocycles. The molecule has 3 heterocycles. The molecule has 2 fully saturated rings. The molecule has 146 valence electrons. The molecule has 1 aromatic carbocycles. The molecule has 0 amide bonds. The maximum atomic E-state index is 6.37. The van der Waals surface area contributed by atoms with Crippen LogP contribution in [0.5, 0.6) is 0 Å². The summed E-state index contributed by atoms with van der Waals surface area (Å²) in [7, 11) is 0. The summed E-state index contributed by atoms with van der Waals surface area (Å²) in [6.07, 6.45) is 8.50. The Labute approximate surface area is 174 Å². The van der Waals surface area contributed by atoms with Gasteiger partial charge in [-0.15, -0.1) is 0 Å². The number of aromatic amines is 1. The molecule has 1 aliphatic carbocycles. The van der Waals surface area contributed by atoms with Crippen LogP contribution in [0.15, 0.2) is 24.4 Å². The predicted octanol–water partition coefficient (Wildman–Crippen LogP) is 5.73. The van der Waals surface area contributed by atoms with Crippen LogP contribution in [0, 0.1) is 11.3 Å². The van der Waals surface area contributed by atoms with E-state index in [1.54, 1.807) is 6.07 Å². The fourth-order valence-corrected chi connectivity index (χ4v) is 5.46. The number of halogens is 2. The fourth-order valence-electron chi connectivity index (χ4n) is 5.06. The third-order valence-corrected chi connectivity index (χ3v) is 7.73. The summed E-state index contributed by atoms with van der Waals surface area (Å²) in [6.45, 7) is 4.52. The molecule has 5 nitrogen and oxygen atoms in total. The van der Waals surface area contributed by atoms with E-state index in [1.165, 1.54) is 32.1 Å². The van der Waals surface area contributed by atoms with Gasteiger partial charge < -0.3 is 4.90 Å². The van der Waals surface area contributed by atoms with Crippen molar-refractivity contribution in [3.63, 3.8) is 0 Å². The average molecular weight is 416 g/mol. The van der Waals surface area contributed by atoms with Gasteiger partial charge in [-0.1, -0.05) is 55.1 Å². The summed E-state index contributed by atoms with van der Waals surface area (Å²) < 4.78 is 0. The van der Waals surface area contributed by atoms with Gasteiger partial charge in [-0.25, -0.2) is 9.97 Å². The Kier molecular flexibility index (Phi) is 4.48. The minimum Gasteiger partial charge on any atom is -0.355 e. The first-order valence-corrected chi connectivity index (χ1v) is 10.7. The number of nitrogens with one attached hydrogen (secondary N) is 1. The van der Waals surface area contributed by atoms with E-state index >= 15 is 0 Å². The molecule has 0 radical (unpaired) electrons. The maximum absolute atomic E-state index is 6.37. The largest absolute Gasteiger partial charge is 0.355 e. The first-order chi connectivity index (χ1) is 13.6. The van der Waals surface area contributed by atoms with Crippen LogP contribution in [0.3, 0.4) is 0 Å². The van der Waals surface area contributed by atoms with Crippen LogP contribution in [-0.4, -0.2) is 33.3 Å². The molecule has 1 atom stereocenters. The van der Waals surface area contributed by atoms with Crippen molar-refractivity contribution in [1.82, 2.24) is 20.2 Å². The number of fused-ring (bicyclic) bond motifs is 1. The van der Waals surface area contributed by atoms with Gasteiger partial charge in [-0.3, -0.25) is 5.10 Å². The van der Waals surface area contributed by atoms with Crippen molar-refractivity contribution in [3.8, 4) is 11.3 Å². The van der Waals surface area contributed by atoms with E-state index in [9.17, 15) is 0 Å². The van der Waals surface area contributed by atoms with Gasteiger partial charge in [0, 0.05) is 18.7 Å². The average Bonchev–Trinajstić information content (AvgIpc) is 3.28. The third-order valence-electron chi connectivity index (χ3n) is 6.91. The number of hydrogen-bond acceptors (Lipinski definition) is 4. The summed E-state index contributed by atoms with van der Waals surface area (Å²) >= 11 is 12.5. The second kappa shape index (κ2) is 6.89. The minimum absolute atomic E-state index is 0.493. The number of benzene rings is 1. The highest BCUT2D eigenvalue weighted by Gasteiger charge is 2.42. The molecule has 0 unspecified atom stereocenters. The monoisotopic (exact) mass is 415 g/mol. The van der Waals surface area contributed by atoms with Gasteiger partial charge in [-0.2, -0.15) is 5.10 Å². The molecule has 5 rings (SSSR count). The van der Waals surface area contributed by atoms with Crippen molar-refractivity contribution in [2.75, 3.05) is 18.0 Å². The zero-order valence-corrected chi connectivity index (χ0v) is 17.4. The van der Waals surface area contributed by atoms with E-state index in [1.807, 2.05) is 18.3 Å². The van der Waals surface area contributed by atoms with Crippen molar-refractivity contribution in [2.24, 2.45) is 11.3 Å². The summed E-state index contributed by atoms with van der Waals surface area (Å²) in [5.41, 5.74) is 3.41. The van der Waals surface area contributed by atoms with Crippen molar-refractivity contribution < 1.29 is 0 Å². The normalized spacial score (nSPS) is 21.7. The second-order valence-corrected chi connectivity index (χ2v) is 9.03. The van der Waals surface area contributed by atoms with Crippen molar-refractivity contribution in [1.29, 1.82) is 0 Å². The molecular formula is C21H23Cl2N5. The van der Waals surface area contributed by atoms with Crippen molar-refractivity contribution in [3.05, 3.63) is 34.4 Å². The first-order valence-electron chi connectivity index (χ1n) is 9.98. The van der Waals surface area contributed by atoms with Crippen molar-refractivity contribution in [2.45, 2.75) is 39.0 Å². The highest BCUT2D eigenvalue weighted by atomic mass is 35.5. The Bertz CT molecular complexity index is 1020. The minimum atomic E-state index is 0.493. The summed E-state index contributed by atoms with van der Waals surface area (Å²) in [5, 5.41) is 8.42. The molecule has 1 spiro atoms. The van der Waals surface area contributed by atoms with Gasteiger partial charge in [-0.05, 0) is 36.7 Å². The molecule has 28 heavy (non-hydrogen) atoms.